The normalized spacial score (nSPS) is 19.3. The Morgan fingerprint density at radius 2 is 2.37 bits per heavy atom. The lowest BCUT2D eigenvalue weighted by Gasteiger charge is -2.17. The summed E-state index contributed by atoms with van der Waals surface area (Å²) in [5.41, 5.74) is 1.50. The van der Waals surface area contributed by atoms with Gasteiger partial charge in [0.25, 0.3) is 0 Å². The van der Waals surface area contributed by atoms with Gasteiger partial charge in [0.2, 0.25) is 0 Å². The van der Waals surface area contributed by atoms with E-state index in [0.29, 0.717) is 11.3 Å². The van der Waals surface area contributed by atoms with E-state index in [4.69, 9.17) is 0 Å². The molecule has 2 atom stereocenters. The van der Waals surface area contributed by atoms with Crippen LogP contribution in [0.3, 0.4) is 0 Å². The summed E-state index contributed by atoms with van der Waals surface area (Å²) in [7, 11) is 0. The number of hydrogen-bond donors (Lipinski definition) is 1. The molecule has 0 aliphatic carbocycles. The molecule has 0 saturated heterocycles. The first-order chi connectivity index (χ1) is 9.31. The van der Waals surface area contributed by atoms with E-state index in [1.807, 2.05) is 30.5 Å². The molecule has 0 radical (unpaired) electrons. The number of nitrogens with one attached hydrogen (secondary N) is 1. The van der Waals surface area contributed by atoms with Crippen molar-refractivity contribution in [2.45, 2.75) is 36.1 Å². The third-order valence-corrected chi connectivity index (χ3v) is 4.77. The van der Waals surface area contributed by atoms with Crippen LogP contribution in [-0.4, -0.2) is 27.4 Å². The molecule has 2 heterocycles. The molecule has 19 heavy (non-hydrogen) atoms. The van der Waals surface area contributed by atoms with Gasteiger partial charge in [-0.25, -0.2) is 4.98 Å². The van der Waals surface area contributed by atoms with Crippen LogP contribution in [0, 0.1) is 0 Å². The minimum Gasteiger partial charge on any atom is -0.336 e. The monoisotopic (exact) mass is 273 g/mol. The van der Waals surface area contributed by atoms with E-state index in [1.54, 1.807) is 0 Å². The largest absolute Gasteiger partial charge is 0.336 e. The zero-order valence-corrected chi connectivity index (χ0v) is 11.9. The summed E-state index contributed by atoms with van der Waals surface area (Å²) in [6.07, 6.45) is 6.90. The van der Waals surface area contributed by atoms with Crippen LogP contribution in [0.15, 0.2) is 47.9 Å². The van der Waals surface area contributed by atoms with Crippen LogP contribution in [0.4, 0.5) is 0 Å². The number of fused-ring (bicyclic) bond motifs is 1. The zero-order chi connectivity index (χ0) is 13.1. The van der Waals surface area contributed by atoms with Crippen LogP contribution >= 0.6 is 11.8 Å². The molecule has 2 unspecified atom stereocenters. The Bertz CT molecular complexity index is 499. The van der Waals surface area contributed by atoms with Crippen molar-refractivity contribution in [3.05, 3.63) is 48.5 Å². The van der Waals surface area contributed by atoms with Crippen LogP contribution in [0.2, 0.25) is 0 Å². The molecule has 2 aromatic rings. The SMILES string of the molecule is CC(Cn1ccnc1)NCC1Cc2ccccc2S1. The highest BCUT2D eigenvalue weighted by molar-refractivity contribution is 8.00. The van der Waals surface area contributed by atoms with E-state index in [9.17, 15) is 0 Å². The second kappa shape index (κ2) is 5.80. The van der Waals surface area contributed by atoms with Gasteiger partial charge in [-0.05, 0) is 25.0 Å². The van der Waals surface area contributed by atoms with Crippen molar-refractivity contribution in [3.63, 3.8) is 0 Å². The predicted octanol–water partition coefficient (Wildman–Crippen LogP) is 2.58. The summed E-state index contributed by atoms with van der Waals surface area (Å²) in [4.78, 5) is 5.53. The number of benzene rings is 1. The lowest BCUT2D eigenvalue weighted by atomic mass is 10.1. The van der Waals surface area contributed by atoms with Crippen LogP contribution < -0.4 is 5.32 Å². The Labute approximate surface area is 118 Å². The minimum absolute atomic E-state index is 0.471. The maximum Gasteiger partial charge on any atom is 0.0946 e. The van der Waals surface area contributed by atoms with E-state index in [2.05, 4.69) is 46.1 Å². The Hall–Kier alpha value is -1.26. The van der Waals surface area contributed by atoms with Crippen molar-refractivity contribution >= 4 is 11.8 Å². The zero-order valence-electron chi connectivity index (χ0n) is 11.1. The van der Waals surface area contributed by atoms with Gasteiger partial charge in [-0.1, -0.05) is 18.2 Å². The van der Waals surface area contributed by atoms with E-state index in [1.165, 1.54) is 16.9 Å². The molecule has 1 aromatic heterocycles. The number of aromatic nitrogens is 2. The fourth-order valence-electron chi connectivity index (χ4n) is 2.48. The van der Waals surface area contributed by atoms with Crippen molar-refractivity contribution in [2.24, 2.45) is 0 Å². The molecule has 0 fully saturated rings. The molecule has 0 amide bonds. The topological polar surface area (TPSA) is 29.9 Å². The first-order valence-electron chi connectivity index (χ1n) is 6.75. The number of rotatable bonds is 5. The molecule has 1 aliphatic rings. The van der Waals surface area contributed by atoms with Crippen molar-refractivity contribution in [1.82, 2.24) is 14.9 Å². The van der Waals surface area contributed by atoms with Crippen LogP contribution in [0.1, 0.15) is 12.5 Å². The number of nitrogens with zero attached hydrogens (tertiary/aromatic N) is 2. The van der Waals surface area contributed by atoms with Gasteiger partial charge < -0.3 is 9.88 Å². The van der Waals surface area contributed by atoms with E-state index in [-0.39, 0.29) is 0 Å². The van der Waals surface area contributed by atoms with Crippen LogP contribution in [0.5, 0.6) is 0 Å². The molecular formula is C15H19N3S. The lowest BCUT2D eigenvalue weighted by molar-refractivity contribution is 0.476. The van der Waals surface area contributed by atoms with E-state index in [0.717, 1.165) is 13.1 Å². The molecule has 0 spiro atoms. The number of imidazole rings is 1. The van der Waals surface area contributed by atoms with E-state index >= 15 is 0 Å². The fourth-order valence-corrected chi connectivity index (χ4v) is 3.74. The fraction of sp³-hybridized carbons (Fsp3) is 0.400. The third kappa shape index (κ3) is 3.19. The summed E-state index contributed by atoms with van der Waals surface area (Å²) >= 11 is 2.00. The second-order valence-corrected chi connectivity index (χ2v) is 6.46. The molecule has 4 heteroatoms. The van der Waals surface area contributed by atoms with Crippen molar-refractivity contribution in [1.29, 1.82) is 0 Å². The summed E-state index contributed by atoms with van der Waals surface area (Å²) in [6, 6.07) is 9.21. The van der Waals surface area contributed by atoms with E-state index < -0.39 is 0 Å². The molecule has 0 saturated carbocycles. The Morgan fingerprint density at radius 3 is 3.16 bits per heavy atom. The molecule has 1 aliphatic heterocycles. The molecule has 0 bridgehead atoms. The number of hydrogen-bond acceptors (Lipinski definition) is 3. The molecule has 100 valence electrons. The standard InChI is InChI=1S/C15H19N3S/c1-12(10-18-7-6-16-11-18)17-9-14-8-13-4-2-3-5-15(13)19-14/h2-7,11-12,14,17H,8-10H2,1H3. The summed E-state index contributed by atoms with van der Waals surface area (Å²) in [5, 5.41) is 4.30. The quantitative estimate of drug-likeness (QED) is 0.908. The van der Waals surface area contributed by atoms with Gasteiger partial charge in [-0.3, -0.25) is 0 Å². The first kappa shape index (κ1) is 12.8. The van der Waals surface area contributed by atoms with Gasteiger partial charge in [0.05, 0.1) is 6.33 Å². The average molecular weight is 273 g/mol. The van der Waals surface area contributed by atoms with Crippen LogP contribution in [-0.2, 0) is 13.0 Å². The van der Waals surface area contributed by atoms with Gasteiger partial charge >= 0.3 is 0 Å². The molecule has 3 rings (SSSR count). The van der Waals surface area contributed by atoms with Gasteiger partial charge in [0.15, 0.2) is 0 Å². The molecule has 1 aromatic carbocycles. The maximum absolute atomic E-state index is 4.07. The summed E-state index contributed by atoms with van der Waals surface area (Å²) < 4.78 is 2.12. The van der Waals surface area contributed by atoms with Crippen molar-refractivity contribution < 1.29 is 0 Å². The first-order valence-corrected chi connectivity index (χ1v) is 7.63. The van der Waals surface area contributed by atoms with Crippen molar-refractivity contribution in [2.75, 3.05) is 6.54 Å². The van der Waals surface area contributed by atoms with Gasteiger partial charge in [-0.15, -0.1) is 11.8 Å². The van der Waals surface area contributed by atoms with Crippen molar-refractivity contribution in [3.8, 4) is 0 Å². The van der Waals surface area contributed by atoms with Crippen LogP contribution in [0.25, 0.3) is 0 Å². The van der Waals surface area contributed by atoms with Gasteiger partial charge in [0.1, 0.15) is 0 Å². The predicted molar refractivity (Wildman–Crippen MR) is 79.5 cm³/mol. The minimum atomic E-state index is 0.471. The lowest BCUT2D eigenvalue weighted by Crippen LogP contribution is -2.35. The molecule has 3 nitrogen and oxygen atoms in total. The summed E-state index contributed by atoms with van der Waals surface area (Å²) in [5.74, 6) is 0. The molecular weight excluding hydrogens is 254 g/mol. The average Bonchev–Trinajstić information content (AvgIpc) is 3.04. The summed E-state index contributed by atoms with van der Waals surface area (Å²) in [6.45, 7) is 4.27. The third-order valence-electron chi connectivity index (χ3n) is 3.45. The highest BCUT2D eigenvalue weighted by atomic mass is 32.2. The highest BCUT2D eigenvalue weighted by Gasteiger charge is 2.21. The Balaban J connectivity index is 1.46. The van der Waals surface area contributed by atoms with Gasteiger partial charge in [0, 0.05) is 41.7 Å². The second-order valence-electron chi connectivity index (χ2n) is 5.12. The smallest absolute Gasteiger partial charge is 0.0946 e. The highest BCUT2D eigenvalue weighted by Crippen LogP contribution is 2.36. The maximum atomic E-state index is 4.07. The number of thioether (sulfide) groups is 1. The Morgan fingerprint density at radius 1 is 1.47 bits per heavy atom. The Kier molecular flexibility index (Phi) is 3.89. The van der Waals surface area contributed by atoms with Gasteiger partial charge in [-0.2, -0.15) is 0 Å². The molecule has 1 N–H and O–H groups in total.